The summed E-state index contributed by atoms with van der Waals surface area (Å²) in [5, 5.41) is 5.61. The van der Waals surface area contributed by atoms with Crippen molar-refractivity contribution in [3.63, 3.8) is 0 Å². The molecular weight excluding hydrogens is 194 g/mol. The SMILES string of the molecule is CCCCSc1c(CN)c(C)nn1C. The van der Waals surface area contributed by atoms with Crippen LogP contribution in [0.3, 0.4) is 0 Å². The molecule has 0 bridgehead atoms. The molecule has 0 unspecified atom stereocenters. The Hall–Kier alpha value is -0.480. The monoisotopic (exact) mass is 213 g/mol. The number of hydrogen-bond acceptors (Lipinski definition) is 3. The van der Waals surface area contributed by atoms with Crippen LogP contribution in [0.15, 0.2) is 5.03 Å². The van der Waals surface area contributed by atoms with Crippen molar-refractivity contribution >= 4 is 11.8 Å². The highest BCUT2D eigenvalue weighted by atomic mass is 32.2. The lowest BCUT2D eigenvalue weighted by Gasteiger charge is -2.03. The fourth-order valence-corrected chi connectivity index (χ4v) is 2.67. The van der Waals surface area contributed by atoms with Gasteiger partial charge in [0.05, 0.1) is 10.7 Å². The number of rotatable bonds is 5. The van der Waals surface area contributed by atoms with Crippen LogP contribution in [0, 0.1) is 6.92 Å². The Morgan fingerprint density at radius 3 is 2.79 bits per heavy atom. The molecule has 1 rings (SSSR count). The van der Waals surface area contributed by atoms with E-state index in [4.69, 9.17) is 5.73 Å². The van der Waals surface area contributed by atoms with E-state index in [0.717, 1.165) is 11.4 Å². The van der Waals surface area contributed by atoms with Crippen molar-refractivity contribution < 1.29 is 0 Å². The van der Waals surface area contributed by atoms with Gasteiger partial charge in [-0.15, -0.1) is 11.8 Å². The van der Waals surface area contributed by atoms with Gasteiger partial charge >= 0.3 is 0 Å². The molecule has 0 amide bonds. The second-order valence-electron chi connectivity index (χ2n) is 3.40. The second kappa shape index (κ2) is 5.41. The summed E-state index contributed by atoms with van der Waals surface area (Å²) >= 11 is 1.86. The van der Waals surface area contributed by atoms with Gasteiger partial charge in [0, 0.05) is 19.2 Å². The molecule has 80 valence electrons. The van der Waals surface area contributed by atoms with Crippen LogP contribution in [-0.2, 0) is 13.6 Å². The van der Waals surface area contributed by atoms with Gasteiger partial charge in [-0.25, -0.2) is 0 Å². The number of unbranched alkanes of at least 4 members (excludes halogenated alkanes) is 1. The first-order chi connectivity index (χ1) is 6.70. The number of nitrogens with zero attached hydrogens (tertiary/aromatic N) is 2. The molecule has 0 saturated carbocycles. The predicted molar refractivity (Wildman–Crippen MR) is 61.5 cm³/mol. The molecule has 0 aromatic carbocycles. The summed E-state index contributed by atoms with van der Waals surface area (Å²) in [5.74, 6) is 1.16. The molecule has 0 fully saturated rings. The number of nitrogens with two attached hydrogens (primary N) is 1. The summed E-state index contributed by atoms with van der Waals surface area (Å²) in [5.41, 5.74) is 7.97. The molecule has 0 aliphatic rings. The molecule has 0 radical (unpaired) electrons. The van der Waals surface area contributed by atoms with Crippen molar-refractivity contribution in [2.45, 2.75) is 38.3 Å². The molecule has 0 spiro atoms. The average Bonchev–Trinajstić information content (AvgIpc) is 2.42. The molecule has 1 aromatic rings. The van der Waals surface area contributed by atoms with Gasteiger partial charge in [0.2, 0.25) is 0 Å². The molecule has 4 heteroatoms. The Balaban J connectivity index is 2.73. The van der Waals surface area contributed by atoms with Crippen LogP contribution in [0.4, 0.5) is 0 Å². The van der Waals surface area contributed by atoms with Gasteiger partial charge in [0.1, 0.15) is 0 Å². The van der Waals surface area contributed by atoms with Crippen molar-refractivity contribution in [3.05, 3.63) is 11.3 Å². The molecule has 1 aromatic heterocycles. The van der Waals surface area contributed by atoms with E-state index in [1.165, 1.54) is 23.4 Å². The normalized spacial score (nSPS) is 10.9. The Morgan fingerprint density at radius 2 is 2.21 bits per heavy atom. The lowest BCUT2D eigenvalue weighted by molar-refractivity contribution is 0.688. The van der Waals surface area contributed by atoms with E-state index in [1.54, 1.807) is 0 Å². The van der Waals surface area contributed by atoms with Gasteiger partial charge in [0.25, 0.3) is 0 Å². The maximum Gasteiger partial charge on any atom is 0.0984 e. The fourth-order valence-electron chi connectivity index (χ4n) is 1.41. The molecule has 0 saturated heterocycles. The maximum atomic E-state index is 5.70. The summed E-state index contributed by atoms with van der Waals surface area (Å²) in [6.45, 7) is 4.82. The van der Waals surface area contributed by atoms with Crippen LogP contribution in [-0.4, -0.2) is 15.5 Å². The third-order valence-corrected chi connectivity index (χ3v) is 3.51. The molecular formula is C10H19N3S. The first-order valence-corrected chi connectivity index (χ1v) is 6.04. The average molecular weight is 213 g/mol. The van der Waals surface area contributed by atoms with Crippen LogP contribution in [0.1, 0.15) is 31.0 Å². The van der Waals surface area contributed by atoms with Crippen LogP contribution in [0.5, 0.6) is 0 Å². The third kappa shape index (κ3) is 2.51. The smallest absolute Gasteiger partial charge is 0.0984 e. The number of aromatic nitrogens is 2. The van der Waals surface area contributed by atoms with Crippen molar-refractivity contribution in [1.82, 2.24) is 9.78 Å². The second-order valence-corrected chi connectivity index (χ2v) is 4.48. The quantitative estimate of drug-likeness (QED) is 0.601. The summed E-state index contributed by atoms with van der Waals surface area (Å²) in [7, 11) is 1.99. The molecule has 3 nitrogen and oxygen atoms in total. The van der Waals surface area contributed by atoms with Gasteiger partial charge in [-0.3, -0.25) is 4.68 Å². The topological polar surface area (TPSA) is 43.8 Å². The van der Waals surface area contributed by atoms with E-state index in [1.807, 2.05) is 30.4 Å². The van der Waals surface area contributed by atoms with Gasteiger partial charge < -0.3 is 5.73 Å². The molecule has 0 aliphatic heterocycles. The number of thioether (sulfide) groups is 1. The Morgan fingerprint density at radius 1 is 1.50 bits per heavy atom. The lowest BCUT2D eigenvalue weighted by Crippen LogP contribution is -2.00. The predicted octanol–water partition coefficient (Wildman–Crippen LogP) is 2.08. The van der Waals surface area contributed by atoms with E-state index >= 15 is 0 Å². The minimum Gasteiger partial charge on any atom is -0.326 e. The highest BCUT2D eigenvalue weighted by Crippen LogP contribution is 2.25. The van der Waals surface area contributed by atoms with E-state index in [9.17, 15) is 0 Å². The summed E-state index contributed by atoms with van der Waals surface area (Å²) < 4.78 is 1.94. The van der Waals surface area contributed by atoms with Crippen molar-refractivity contribution in [3.8, 4) is 0 Å². The van der Waals surface area contributed by atoms with Crippen LogP contribution >= 0.6 is 11.8 Å². The molecule has 0 aliphatic carbocycles. The van der Waals surface area contributed by atoms with E-state index < -0.39 is 0 Å². The molecule has 2 N–H and O–H groups in total. The highest BCUT2D eigenvalue weighted by Gasteiger charge is 2.11. The highest BCUT2D eigenvalue weighted by molar-refractivity contribution is 7.99. The van der Waals surface area contributed by atoms with Crippen molar-refractivity contribution in [1.29, 1.82) is 0 Å². The lowest BCUT2D eigenvalue weighted by atomic mass is 10.3. The van der Waals surface area contributed by atoms with Crippen molar-refractivity contribution in [2.24, 2.45) is 12.8 Å². The standard InChI is InChI=1S/C10H19N3S/c1-4-5-6-14-10-9(7-11)8(2)12-13(10)3/h4-7,11H2,1-3H3. The maximum absolute atomic E-state index is 5.70. The minimum absolute atomic E-state index is 0.591. The number of hydrogen-bond donors (Lipinski definition) is 1. The zero-order chi connectivity index (χ0) is 10.6. The fraction of sp³-hybridized carbons (Fsp3) is 0.700. The Bertz CT molecular complexity index is 294. The van der Waals surface area contributed by atoms with E-state index in [-0.39, 0.29) is 0 Å². The molecule has 14 heavy (non-hydrogen) atoms. The summed E-state index contributed by atoms with van der Waals surface area (Å²) in [6.07, 6.45) is 2.49. The van der Waals surface area contributed by atoms with E-state index in [0.29, 0.717) is 6.54 Å². The Labute approximate surface area is 90.1 Å². The Kier molecular flexibility index (Phi) is 4.48. The minimum atomic E-state index is 0.591. The zero-order valence-corrected chi connectivity index (χ0v) is 10.0. The first-order valence-electron chi connectivity index (χ1n) is 5.06. The zero-order valence-electron chi connectivity index (χ0n) is 9.21. The van der Waals surface area contributed by atoms with Gasteiger partial charge in [0.15, 0.2) is 0 Å². The summed E-state index contributed by atoms with van der Waals surface area (Å²) in [4.78, 5) is 0. The van der Waals surface area contributed by atoms with Crippen LogP contribution < -0.4 is 5.73 Å². The van der Waals surface area contributed by atoms with E-state index in [2.05, 4.69) is 12.0 Å². The summed E-state index contributed by atoms with van der Waals surface area (Å²) in [6, 6.07) is 0. The van der Waals surface area contributed by atoms with Gasteiger partial charge in [-0.2, -0.15) is 5.10 Å². The molecule has 0 atom stereocenters. The van der Waals surface area contributed by atoms with Gasteiger partial charge in [-0.1, -0.05) is 13.3 Å². The van der Waals surface area contributed by atoms with Crippen molar-refractivity contribution in [2.75, 3.05) is 5.75 Å². The molecule has 1 heterocycles. The third-order valence-electron chi connectivity index (χ3n) is 2.23. The van der Waals surface area contributed by atoms with Gasteiger partial charge in [-0.05, 0) is 19.1 Å². The van der Waals surface area contributed by atoms with Crippen LogP contribution in [0.25, 0.3) is 0 Å². The largest absolute Gasteiger partial charge is 0.326 e. The first kappa shape index (κ1) is 11.6. The number of aryl methyl sites for hydroxylation is 2. The van der Waals surface area contributed by atoms with Crippen LogP contribution in [0.2, 0.25) is 0 Å².